The number of para-hydroxylation sites is 1. The molecule has 1 aromatic carbocycles. The van der Waals surface area contributed by atoms with E-state index < -0.39 is 0 Å². The molecular weight excluding hydrogens is 248 g/mol. The zero-order valence-corrected chi connectivity index (χ0v) is 10.5. The maximum absolute atomic E-state index is 6.05. The van der Waals surface area contributed by atoms with Crippen molar-refractivity contribution in [3.8, 4) is 0 Å². The minimum Gasteiger partial charge on any atom is -0.366 e. The molecule has 0 bridgehead atoms. The standard InChI is InChI=1S/C13H13ClN4/c1-2-8-15-12-7-9-16-13(18-12)17-11-6-4-3-5-10(11)14/h2-7,9H,1,8H2,(H2,15,16,17,18). The first-order valence-corrected chi connectivity index (χ1v) is 5.87. The maximum Gasteiger partial charge on any atom is 0.229 e. The molecule has 0 saturated carbocycles. The first-order valence-electron chi connectivity index (χ1n) is 5.49. The van der Waals surface area contributed by atoms with Gasteiger partial charge >= 0.3 is 0 Å². The lowest BCUT2D eigenvalue weighted by atomic mass is 10.3. The first-order chi connectivity index (χ1) is 8.79. The van der Waals surface area contributed by atoms with Gasteiger partial charge in [-0.15, -0.1) is 6.58 Å². The molecule has 2 N–H and O–H groups in total. The zero-order valence-electron chi connectivity index (χ0n) is 9.73. The second-order valence-corrected chi connectivity index (χ2v) is 3.95. The van der Waals surface area contributed by atoms with E-state index in [0.717, 1.165) is 11.5 Å². The topological polar surface area (TPSA) is 49.8 Å². The third kappa shape index (κ3) is 3.21. The molecular formula is C13H13ClN4. The fourth-order valence-electron chi connectivity index (χ4n) is 1.38. The van der Waals surface area contributed by atoms with Gasteiger partial charge in [0, 0.05) is 12.7 Å². The van der Waals surface area contributed by atoms with E-state index in [1.807, 2.05) is 24.3 Å². The Kier molecular flexibility index (Phi) is 4.15. The van der Waals surface area contributed by atoms with Gasteiger partial charge in [0.05, 0.1) is 10.7 Å². The number of benzene rings is 1. The van der Waals surface area contributed by atoms with Gasteiger partial charge in [0.15, 0.2) is 0 Å². The highest BCUT2D eigenvalue weighted by Gasteiger charge is 2.02. The van der Waals surface area contributed by atoms with Crippen molar-refractivity contribution in [2.24, 2.45) is 0 Å². The summed E-state index contributed by atoms with van der Waals surface area (Å²) in [5.41, 5.74) is 0.778. The molecule has 4 nitrogen and oxygen atoms in total. The highest BCUT2D eigenvalue weighted by molar-refractivity contribution is 6.33. The van der Waals surface area contributed by atoms with Gasteiger partial charge in [0.1, 0.15) is 5.82 Å². The van der Waals surface area contributed by atoms with E-state index in [1.165, 1.54) is 0 Å². The summed E-state index contributed by atoms with van der Waals surface area (Å²) in [4.78, 5) is 8.44. The van der Waals surface area contributed by atoms with Gasteiger partial charge in [0.25, 0.3) is 0 Å². The van der Waals surface area contributed by atoms with Gasteiger partial charge in [-0.05, 0) is 18.2 Å². The summed E-state index contributed by atoms with van der Waals surface area (Å²) in [6.07, 6.45) is 3.45. The fourth-order valence-corrected chi connectivity index (χ4v) is 1.56. The van der Waals surface area contributed by atoms with Crippen molar-refractivity contribution in [2.45, 2.75) is 0 Å². The van der Waals surface area contributed by atoms with E-state index in [4.69, 9.17) is 11.6 Å². The largest absolute Gasteiger partial charge is 0.366 e. The van der Waals surface area contributed by atoms with Crippen LogP contribution in [-0.2, 0) is 0 Å². The van der Waals surface area contributed by atoms with Crippen LogP contribution in [0.4, 0.5) is 17.5 Å². The molecule has 92 valence electrons. The number of halogens is 1. The maximum atomic E-state index is 6.05. The van der Waals surface area contributed by atoms with Crippen molar-refractivity contribution in [2.75, 3.05) is 17.2 Å². The average Bonchev–Trinajstić information content (AvgIpc) is 2.40. The van der Waals surface area contributed by atoms with E-state index in [1.54, 1.807) is 18.3 Å². The lowest BCUT2D eigenvalue weighted by Crippen LogP contribution is -2.03. The van der Waals surface area contributed by atoms with Gasteiger partial charge in [-0.3, -0.25) is 0 Å². The average molecular weight is 261 g/mol. The van der Waals surface area contributed by atoms with E-state index in [2.05, 4.69) is 27.2 Å². The lowest BCUT2D eigenvalue weighted by molar-refractivity contribution is 1.14. The molecule has 2 aromatic rings. The lowest BCUT2D eigenvalue weighted by Gasteiger charge is -2.08. The zero-order chi connectivity index (χ0) is 12.8. The van der Waals surface area contributed by atoms with E-state index in [9.17, 15) is 0 Å². The van der Waals surface area contributed by atoms with Crippen LogP contribution < -0.4 is 10.6 Å². The molecule has 18 heavy (non-hydrogen) atoms. The van der Waals surface area contributed by atoms with Gasteiger partial charge < -0.3 is 10.6 Å². The Morgan fingerprint density at radius 1 is 1.28 bits per heavy atom. The molecule has 0 saturated heterocycles. The highest BCUT2D eigenvalue weighted by atomic mass is 35.5. The van der Waals surface area contributed by atoms with Crippen molar-refractivity contribution in [1.82, 2.24) is 9.97 Å². The Hall–Kier alpha value is -2.07. The molecule has 5 heteroatoms. The van der Waals surface area contributed by atoms with Crippen LogP contribution in [0.15, 0.2) is 49.2 Å². The predicted molar refractivity (Wildman–Crippen MR) is 75.5 cm³/mol. The van der Waals surface area contributed by atoms with Crippen molar-refractivity contribution >= 4 is 29.1 Å². The fraction of sp³-hybridized carbons (Fsp3) is 0.0769. The molecule has 0 aliphatic carbocycles. The highest BCUT2D eigenvalue weighted by Crippen LogP contribution is 2.23. The summed E-state index contributed by atoms with van der Waals surface area (Å²) in [5, 5.41) is 6.79. The Morgan fingerprint density at radius 3 is 2.89 bits per heavy atom. The van der Waals surface area contributed by atoms with Crippen LogP contribution in [0.25, 0.3) is 0 Å². The normalized spacial score (nSPS) is 9.83. The molecule has 0 atom stereocenters. The van der Waals surface area contributed by atoms with Gasteiger partial charge in [-0.1, -0.05) is 29.8 Å². The molecule has 0 aliphatic heterocycles. The Labute approximate surface area is 111 Å². The van der Waals surface area contributed by atoms with Crippen molar-refractivity contribution in [3.05, 3.63) is 54.2 Å². The third-order valence-electron chi connectivity index (χ3n) is 2.20. The third-order valence-corrected chi connectivity index (χ3v) is 2.53. The Bertz CT molecular complexity index is 542. The first kappa shape index (κ1) is 12.4. The van der Waals surface area contributed by atoms with Gasteiger partial charge in [-0.25, -0.2) is 4.98 Å². The summed E-state index contributed by atoms with van der Waals surface area (Å²) in [6, 6.07) is 9.24. The molecule has 0 aliphatic rings. The van der Waals surface area contributed by atoms with E-state index in [-0.39, 0.29) is 0 Å². The minimum absolute atomic E-state index is 0.497. The number of hydrogen-bond donors (Lipinski definition) is 2. The molecule has 2 rings (SSSR count). The quantitative estimate of drug-likeness (QED) is 0.809. The van der Waals surface area contributed by atoms with Gasteiger partial charge in [-0.2, -0.15) is 4.98 Å². The molecule has 1 aromatic heterocycles. The molecule has 0 unspecified atom stereocenters. The van der Waals surface area contributed by atoms with Crippen molar-refractivity contribution < 1.29 is 0 Å². The molecule has 0 spiro atoms. The number of aromatic nitrogens is 2. The number of rotatable bonds is 5. The minimum atomic E-state index is 0.497. The van der Waals surface area contributed by atoms with Crippen LogP contribution in [-0.4, -0.2) is 16.5 Å². The van der Waals surface area contributed by atoms with E-state index >= 15 is 0 Å². The summed E-state index contributed by atoms with van der Waals surface area (Å²) in [6.45, 7) is 4.29. The van der Waals surface area contributed by atoms with Crippen LogP contribution in [0.3, 0.4) is 0 Å². The van der Waals surface area contributed by atoms with Crippen molar-refractivity contribution in [1.29, 1.82) is 0 Å². The summed E-state index contributed by atoms with van der Waals surface area (Å²) in [5.74, 6) is 1.23. The number of nitrogens with one attached hydrogen (secondary N) is 2. The van der Waals surface area contributed by atoms with Crippen LogP contribution in [0, 0.1) is 0 Å². The van der Waals surface area contributed by atoms with Crippen LogP contribution in [0.2, 0.25) is 5.02 Å². The van der Waals surface area contributed by atoms with E-state index in [0.29, 0.717) is 17.5 Å². The second-order valence-electron chi connectivity index (χ2n) is 3.54. The molecule has 1 heterocycles. The SMILES string of the molecule is C=CCNc1ccnc(Nc2ccccc2Cl)n1. The monoisotopic (exact) mass is 260 g/mol. The number of hydrogen-bond acceptors (Lipinski definition) is 4. The van der Waals surface area contributed by atoms with Crippen LogP contribution in [0.1, 0.15) is 0 Å². The smallest absolute Gasteiger partial charge is 0.229 e. The van der Waals surface area contributed by atoms with Gasteiger partial charge in [0.2, 0.25) is 5.95 Å². The Balaban J connectivity index is 2.14. The predicted octanol–water partition coefficient (Wildman–Crippen LogP) is 3.47. The molecule has 0 fully saturated rings. The van der Waals surface area contributed by atoms with Crippen LogP contribution in [0.5, 0.6) is 0 Å². The summed E-state index contributed by atoms with van der Waals surface area (Å²) >= 11 is 6.05. The summed E-state index contributed by atoms with van der Waals surface area (Å²) < 4.78 is 0. The second kappa shape index (κ2) is 6.02. The van der Waals surface area contributed by atoms with Crippen LogP contribution >= 0.6 is 11.6 Å². The van der Waals surface area contributed by atoms with Crippen molar-refractivity contribution in [3.63, 3.8) is 0 Å². The molecule has 0 radical (unpaired) electrons. The molecule has 0 amide bonds. The Morgan fingerprint density at radius 2 is 2.11 bits per heavy atom. The summed E-state index contributed by atoms with van der Waals surface area (Å²) in [7, 11) is 0. The number of anilines is 3. The number of nitrogens with zero attached hydrogens (tertiary/aromatic N) is 2.